The average Bonchev–Trinajstić information content (AvgIpc) is 2.97. The highest BCUT2D eigenvalue weighted by Gasteiger charge is 2.35. The molecular weight excluding hydrogens is 338 g/mol. The van der Waals surface area contributed by atoms with Gasteiger partial charge in [0.2, 0.25) is 0 Å². The fraction of sp³-hybridized carbons (Fsp3) is 0.185. The third-order valence-corrected chi connectivity index (χ3v) is 6.09. The van der Waals surface area contributed by atoms with Gasteiger partial charge in [0, 0.05) is 16.8 Å². The van der Waals surface area contributed by atoms with Crippen molar-refractivity contribution in [2.45, 2.75) is 32.1 Å². The molecule has 1 heteroatoms. The molecule has 1 nitrogen and oxygen atoms in total. The minimum atomic E-state index is 0.0350. The molecule has 0 unspecified atom stereocenters. The lowest BCUT2D eigenvalue weighted by Gasteiger charge is -2.22. The monoisotopic (exact) mass is 363 g/mol. The smallest absolute Gasteiger partial charge is 0.0387 e. The molecule has 0 spiro atoms. The number of rotatable bonds is 3. The molecule has 0 atom stereocenters. The highest BCUT2D eigenvalue weighted by molar-refractivity contribution is 5.83. The van der Waals surface area contributed by atoms with E-state index in [0.29, 0.717) is 0 Å². The van der Waals surface area contributed by atoms with Crippen LogP contribution in [0.1, 0.15) is 43.4 Å². The van der Waals surface area contributed by atoms with Gasteiger partial charge >= 0.3 is 0 Å². The van der Waals surface area contributed by atoms with Crippen LogP contribution in [0.2, 0.25) is 0 Å². The van der Waals surface area contributed by atoms with Gasteiger partial charge in [-0.15, -0.1) is 0 Å². The van der Waals surface area contributed by atoms with E-state index in [-0.39, 0.29) is 5.41 Å². The Kier molecular flexibility index (Phi) is 3.98. The summed E-state index contributed by atoms with van der Waals surface area (Å²) in [6.07, 6.45) is 9.10. The molecule has 3 aromatic rings. The molecule has 0 aromatic heterocycles. The van der Waals surface area contributed by atoms with Gasteiger partial charge in [-0.2, -0.15) is 0 Å². The molecule has 0 amide bonds. The molecule has 2 aliphatic carbocycles. The van der Waals surface area contributed by atoms with Crippen molar-refractivity contribution in [2.24, 2.45) is 0 Å². The quantitative estimate of drug-likeness (QED) is 0.509. The second kappa shape index (κ2) is 6.53. The number of hydrogen-bond acceptors (Lipinski definition) is 1. The summed E-state index contributed by atoms with van der Waals surface area (Å²) in [4.78, 5) is 0. The van der Waals surface area contributed by atoms with Gasteiger partial charge in [-0.1, -0.05) is 74.5 Å². The largest absolute Gasteiger partial charge is 0.356 e. The second-order valence-corrected chi connectivity index (χ2v) is 8.27. The van der Waals surface area contributed by atoms with Crippen LogP contribution in [-0.4, -0.2) is 0 Å². The number of nitrogens with one attached hydrogen (secondary N) is 1. The van der Waals surface area contributed by atoms with Crippen LogP contribution in [0, 0.1) is 0 Å². The van der Waals surface area contributed by atoms with Crippen molar-refractivity contribution in [3.8, 4) is 11.1 Å². The third kappa shape index (κ3) is 2.79. The van der Waals surface area contributed by atoms with Gasteiger partial charge < -0.3 is 5.32 Å². The minimum Gasteiger partial charge on any atom is -0.356 e. The van der Waals surface area contributed by atoms with E-state index in [1.807, 2.05) is 0 Å². The zero-order chi connectivity index (χ0) is 19.1. The van der Waals surface area contributed by atoms with Gasteiger partial charge in [0.15, 0.2) is 0 Å². The summed E-state index contributed by atoms with van der Waals surface area (Å²) in [5.74, 6) is 0. The second-order valence-electron chi connectivity index (χ2n) is 8.27. The number of hydrogen-bond donors (Lipinski definition) is 1. The first-order chi connectivity index (χ1) is 13.6. The van der Waals surface area contributed by atoms with Gasteiger partial charge in [0.05, 0.1) is 0 Å². The Morgan fingerprint density at radius 1 is 0.750 bits per heavy atom. The molecule has 28 heavy (non-hydrogen) atoms. The van der Waals surface area contributed by atoms with Gasteiger partial charge in [-0.3, -0.25) is 0 Å². The van der Waals surface area contributed by atoms with Gasteiger partial charge in [-0.05, 0) is 70.5 Å². The van der Waals surface area contributed by atoms with E-state index in [0.717, 1.165) is 24.2 Å². The van der Waals surface area contributed by atoms with Crippen molar-refractivity contribution >= 4 is 16.9 Å². The summed E-state index contributed by atoms with van der Waals surface area (Å²) >= 11 is 0. The summed E-state index contributed by atoms with van der Waals surface area (Å²) in [5.41, 5.74) is 10.5. The van der Waals surface area contributed by atoms with Crippen LogP contribution in [0.4, 0.5) is 11.4 Å². The van der Waals surface area contributed by atoms with Crippen molar-refractivity contribution in [1.82, 2.24) is 0 Å². The van der Waals surface area contributed by atoms with Gasteiger partial charge in [-0.25, -0.2) is 0 Å². The Balaban J connectivity index is 1.43. The van der Waals surface area contributed by atoms with Crippen LogP contribution >= 0.6 is 0 Å². The fourth-order valence-electron chi connectivity index (χ4n) is 4.52. The van der Waals surface area contributed by atoms with Crippen molar-refractivity contribution in [2.75, 3.05) is 5.32 Å². The van der Waals surface area contributed by atoms with E-state index in [1.54, 1.807) is 0 Å². The molecule has 1 N–H and O–H groups in total. The van der Waals surface area contributed by atoms with E-state index in [4.69, 9.17) is 0 Å². The van der Waals surface area contributed by atoms with Crippen LogP contribution in [0.5, 0.6) is 0 Å². The van der Waals surface area contributed by atoms with E-state index in [2.05, 4.69) is 104 Å². The van der Waals surface area contributed by atoms with E-state index < -0.39 is 0 Å². The topological polar surface area (TPSA) is 12.0 Å². The molecule has 0 aliphatic heterocycles. The van der Waals surface area contributed by atoms with Gasteiger partial charge in [0.1, 0.15) is 0 Å². The minimum absolute atomic E-state index is 0.0350. The summed E-state index contributed by atoms with van der Waals surface area (Å²) < 4.78 is 0. The summed E-state index contributed by atoms with van der Waals surface area (Å²) in [6, 6.07) is 24.3. The Bertz CT molecular complexity index is 1100. The predicted molar refractivity (Wildman–Crippen MR) is 120 cm³/mol. The van der Waals surface area contributed by atoms with E-state index >= 15 is 0 Å². The van der Waals surface area contributed by atoms with Crippen molar-refractivity contribution in [1.29, 1.82) is 0 Å². The predicted octanol–water partition coefficient (Wildman–Crippen LogP) is 7.47. The molecular formula is C27H25N. The maximum atomic E-state index is 3.59. The number of allylic oxidation sites excluding steroid dienone is 4. The molecule has 0 heterocycles. The molecule has 0 radical (unpaired) electrons. The zero-order valence-corrected chi connectivity index (χ0v) is 16.5. The lowest BCUT2D eigenvalue weighted by molar-refractivity contribution is 0.660. The number of fused-ring (bicyclic) bond motifs is 3. The number of benzene rings is 3. The molecule has 138 valence electrons. The fourth-order valence-corrected chi connectivity index (χ4v) is 4.52. The van der Waals surface area contributed by atoms with Crippen LogP contribution < -0.4 is 5.32 Å². The van der Waals surface area contributed by atoms with E-state index in [1.165, 1.54) is 33.4 Å². The van der Waals surface area contributed by atoms with Crippen LogP contribution in [-0.2, 0) is 5.41 Å². The van der Waals surface area contributed by atoms with E-state index in [9.17, 15) is 0 Å². The molecule has 3 aromatic carbocycles. The lowest BCUT2D eigenvalue weighted by Crippen LogP contribution is -2.15. The van der Waals surface area contributed by atoms with Crippen LogP contribution in [0.15, 0.2) is 85.0 Å². The lowest BCUT2D eigenvalue weighted by atomic mass is 9.82. The molecule has 5 rings (SSSR count). The Morgan fingerprint density at radius 3 is 2.29 bits per heavy atom. The standard InChI is InChI=1S/C27H25N/c1-27(2)25-11-7-6-10-23(25)24-17-16-22(18-26(24)27)28-21-14-12-20(13-15-21)19-8-4-3-5-9-19/h4,6-18,28H,3,5H2,1-2H3. The summed E-state index contributed by atoms with van der Waals surface area (Å²) in [6.45, 7) is 4.64. The molecule has 0 saturated heterocycles. The number of anilines is 2. The first kappa shape index (κ1) is 17.1. The first-order valence-electron chi connectivity index (χ1n) is 10.1. The summed E-state index contributed by atoms with van der Waals surface area (Å²) in [7, 11) is 0. The maximum Gasteiger partial charge on any atom is 0.0387 e. The summed E-state index contributed by atoms with van der Waals surface area (Å²) in [5, 5.41) is 3.59. The van der Waals surface area contributed by atoms with Crippen molar-refractivity contribution in [3.63, 3.8) is 0 Å². The van der Waals surface area contributed by atoms with Crippen LogP contribution in [0.3, 0.4) is 0 Å². The van der Waals surface area contributed by atoms with Crippen molar-refractivity contribution < 1.29 is 0 Å². The van der Waals surface area contributed by atoms with Gasteiger partial charge in [0.25, 0.3) is 0 Å². The molecule has 0 saturated carbocycles. The van der Waals surface area contributed by atoms with Crippen molar-refractivity contribution in [3.05, 3.63) is 102 Å². The average molecular weight is 364 g/mol. The highest BCUT2D eigenvalue weighted by atomic mass is 14.9. The molecule has 2 aliphatic rings. The zero-order valence-electron chi connectivity index (χ0n) is 16.5. The molecule has 0 bridgehead atoms. The SMILES string of the molecule is CC1(C)c2ccccc2-c2ccc(Nc3ccc(C4=CCCC=C4)cc3)cc21. The highest BCUT2D eigenvalue weighted by Crippen LogP contribution is 2.49. The Morgan fingerprint density at radius 2 is 1.50 bits per heavy atom. The molecule has 0 fully saturated rings. The Hall–Kier alpha value is -3.06. The Labute approximate surface area is 167 Å². The third-order valence-electron chi connectivity index (χ3n) is 6.09. The maximum absolute atomic E-state index is 3.59. The first-order valence-corrected chi connectivity index (χ1v) is 10.1. The normalized spacial score (nSPS) is 16.3. The van der Waals surface area contributed by atoms with Crippen LogP contribution in [0.25, 0.3) is 16.7 Å².